The molecule has 0 aromatic heterocycles. The second-order valence-electron chi connectivity index (χ2n) is 14.2. The molecule has 16 atom stereocenters. The van der Waals surface area contributed by atoms with Gasteiger partial charge in [0.15, 0.2) is 30.3 Å². The van der Waals surface area contributed by atoms with Gasteiger partial charge in [0.05, 0.1) is 37.4 Å². The summed E-state index contributed by atoms with van der Waals surface area (Å²) in [5.74, 6) is -4.63. The van der Waals surface area contributed by atoms with Crippen molar-refractivity contribution in [3.05, 3.63) is 23.8 Å². The molecule has 2 fully saturated rings. The third-order valence-electron chi connectivity index (χ3n) is 10.3. The quantitative estimate of drug-likeness (QED) is 0.183. The van der Waals surface area contributed by atoms with Gasteiger partial charge in [-0.3, -0.25) is 14.4 Å². The first-order valence-corrected chi connectivity index (χ1v) is 18.0. The standard InChI is InChI=1S/C37H58O15/c1-9-27-24(17-48-37-35(47-8)34(46-7)30(43)22(6)50-37)14-18(2)10-11-25(39)19(3)15-23(12-13-38)33(20(4)26(40)16-28(41)51-27)52-36-32(45)31(44)29(42)21(5)49-36/h10-11,13-14,19-24,26-27,29-30,32-37,40,42-43,45H,9,12,15-17H2,1-8H3/b11-10+,18-14+/t19-,20+,21+,22-,23+,24-,26-,27-,29+,30-,32+,33-,34-,35-,36-,37-/m1/s1. The Bertz CT molecular complexity index is 1250. The normalized spacial score (nSPS) is 43.3. The van der Waals surface area contributed by atoms with E-state index in [9.17, 15) is 39.6 Å². The lowest BCUT2D eigenvalue weighted by Gasteiger charge is -2.42. The van der Waals surface area contributed by atoms with Crippen molar-refractivity contribution in [1.29, 1.82) is 0 Å². The number of aliphatic hydroxyl groups is 4. The number of cyclic esters (lactones) is 1. The van der Waals surface area contributed by atoms with E-state index in [0.717, 1.165) is 0 Å². The van der Waals surface area contributed by atoms with E-state index in [1.54, 1.807) is 33.8 Å². The van der Waals surface area contributed by atoms with Gasteiger partial charge in [-0.05, 0) is 45.6 Å². The molecule has 0 bridgehead atoms. The van der Waals surface area contributed by atoms with Gasteiger partial charge < -0.3 is 58.4 Å². The first kappa shape index (κ1) is 44.0. The largest absolute Gasteiger partial charge is 0.462 e. The summed E-state index contributed by atoms with van der Waals surface area (Å²) in [7, 11) is 2.91. The molecule has 3 aliphatic rings. The first-order chi connectivity index (χ1) is 24.6. The maximum Gasteiger partial charge on any atom is 0.308 e. The second kappa shape index (κ2) is 20.3. The number of aldehydes is 1. The van der Waals surface area contributed by atoms with Crippen LogP contribution in [-0.2, 0) is 52.3 Å². The molecule has 0 radical (unpaired) electrons. The number of carbonyl (C=O) groups is 4. The Morgan fingerprint density at radius 2 is 1.54 bits per heavy atom. The lowest BCUT2D eigenvalue weighted by Crippen LogP contribution is -2.59. The van der Waals surface area contributed by atoms with Crippen LogP contribution in [0.3, 0.4) is 0 Å². The number of aliphatic hydroxyl groups excluding tert-OH is 4. The van der Waals surface area contributed by atoms with Crippen molar-refractivity contribution in [3.63, 3.8) is 0 Å². The van der Waals surface area contributed by atoms with Gasteiger partial charge in [-0.2, -0.15) is 0 Å². The van der Waals surface area contributed by atoms with Crippen LogP contribution in [0.25, 0.3) is 0 Å². The van der Waals surface area contributed by atoms with Crippen molar-refractivity contribution < 1.29 is 72.8 Å². The number of rotatable bonds is 10. The van der Waals surface area contributed by atoms with Crippen LogP contribution < -0.4 is 0 Å². The van der Waals surface area contributed by atoms with Crippen molar-refractivity contribution in [2.24, 2.45) is 23.7 Å². The monoisotopic (exact) mass is 742 g/mol. The molecule has 52 heavy (non-hydrogen) atoms. The molecular weight excluding hydrogens is 684 g/mol. The molecular formula is C37H58O15. The van der Waals surface area contributed by atoms with E-state index in [1.807, 2.05) is 13.0 Å². The maximum absolute atomic E-state index is 13.4. The van der Waals surface area contributed by atoms with Gasteiger partial charge >= 0.3 is 5.97 Å². The third kappa shape index (κ3) is 11.1. The van der Waals surface area contributed by atoms with Crippen molar-refractivity contribution >= 4 is 23.8 Å². The molecule has 0 saturated carbocycles. The molecule has 296 valence electrons. The van der Waals surface area contributed by atoms with Crippen LogP contribution in [0.15, 0.2) is 23.8 Å². The SMILES string of the molecule is CC[C@H]1OC(=O)C[C@@H](O)[C@H](C)[C@@H](O[C@H]2O[C@@H](C)[C@H](O)C(=O)[C@@H]2O)[C@@H](CC=O)C[C@@H](C)C(=O)/C=C/C(C)=C/[C@@H]1CO[C@@H]1O[C@H](C)[C@@H](O)[C@@H](OC)[C@H]1OC. The van der Waals surface area contributed by atoms with E-state index in [2.05, 4.69) is 0 Å². The van der Waals surface area contributed by atoms with Gasteiger partial charge in [0, 0.05) is 38.4 Å². The van der Waals surface area contributed by atoms with Crippen molar-refractivity contribution in [3.8, 4) is 0 Å². The summed E-state index contributed by atoms with van der Waals surface area (Å²) in [6.07, 6.45) is -7.76. The van der Waals surface area contributed by atoms with Crippen LogP contribution in [0.5, 0.6) is 0 Å². The molecule has 3 rings (SSSR count). The molecule has 15 nitrogen and oxygen atoms in total. The molecule has 4 N–H and O–H groups in total. The summed E-state index contributed by atoms with van der Waals surface area (Å²) in [4.78, 5) is 51.3. The van der Waals surface area contributed by atoms with E-state index in [-0.39, 0.29) is 25.2 Å². The highest BCUT2D eigenvalue weighted by Crippen LogP contribution is 2.33. The molecule has 15 heteroatoms. The van der Waals surface area contributed by atoms with E-state index in [4.69, 9.17) is 33.2 Å². The average molecular weight is 743 g/mol. The zero-order valence-corrected chi connectivity index (χ0v) is 31.4. The first-order valence-electron chi connectivity index (χ1n) is 18.0. The van der Waals surface area contributed by atoms with E-state index < -0.39 is 115 Å². The van der Waals surface area contributed by atoms with Gasteiger partial charge in [0.2, 0.25) is 0 Å². The van der Waals surface area contributed by atoms with Gasteiger partial charge in [-0.1, -0.05) is 38.5 Å². The van der Waals surface area contributed by atoms with Crippen LogP contribution in [0.1, 0.15) is 67.2 Å². The molecule has 3 aliphatic heterocycles. The van der Waals surface area contributed by atoms with Gasteiger partial charge in [0.25, 0.3) is 0 Å². The zero-order valence-electron chi connectivity index (χ0n) is 31.4. The Kier molecular flexibility index (Phi) is 17.2. The smallest absolute Gasteiger partial charge is 0.308 e. The number of methoxy groups -OCH3 is 2. The predicted molar refractivity (Wildman–Crippen MR) is 183 cm³/mol. The molecule has 3 heterocycles. The van der Waals surface area contributed by atoms with Gasteiger partial charge in [-0.25, -0.2) is 0 Å². The molecule has 0 aliphatic carbocycles. The van der Waals surface area contributed by atoms with E-state index >= 15 is 0 Å². The van der Waals surface area contributed by atoms with Crippen LogP contribution in [0.2, 0.25) is 0 Å². The summed E-state index contributed by atoms with van der Waals surface area (Å²) < 4.78 is 40.8. The van der Waals surface area contributed by atoms with E-state index in [0.29, 0.717) is 18.3 Å². The van der Waals surface area contributed by atoms with E-state index in [1.165, 1.54) is 27.2 Å². The number of esters is 1. The fraction of sp³-hybridized carbons (Fsp3) is 0.784. The molecule has 0 amide bonds. The highest BCUT2D eigenvalue weighted by atomic mass is 16.7. The van der Waals surface area contributed by atoms with Crippen LogP contribution in [-0.4, -0.2) is 139 Å². The highest BCUT2D eigenvalue weighted by molar-refractivity contribution is 5.91. The minimum Gasteiger partial charge on any atom is -0.462 e. The predicted octanol–water partition coefficient (Wildman–Crippen LogP) is 1.20. The van der Waals surface area contributed by atoms with Gasteiger partial charge in [-0.15, -0.1) is 0 Å². The minimum atomic E-state index is -1.86. The number of allylic oxidation sites excluding steroid dienone is 3. The third-order valence-corrected chi connectivity index (χ3v) is 10.3. The number of ketones is 2. The van der Waals surface area contributed by atoms with Crippen molar-refractivity contribution in [2.45, 2.75) is 141 Å². The summed E-state index contributed by atoms with van der Waals surface area (Å²) in [5.41, 5.74) is 0.672. The summed E-state index contributed by atoms with van der Waals surface area (Å²) in [5, 5.41) is 42.7. The van der Waals surface area contributed by atoms with Gasteiger partial charge in [0.1, 0.15) is 36.8 Å². The fourth-order valence-corrected chi connectivity index (χ4v) is 7.03. The fourth-order valence-electron chi connectivity index (χ4n) is 7.03. The lowest BCUT2D eigenvalue weighted by molar-refractivity contribution is -0.304. The molecule has 0 spiro atoms. The van der Waals surface area contributed by atoms with Crippen LogP contribution >= 0.6 is 0 Å². The number of carbonyl (C=O) groups excluding carboxylic acids is 4. The Morgan fingerprint density at radius 3 is 2.15 bits per heavy atom. The zero-order chi connectivity index (χ0) is 38.9. The summed E-state index contributed by atoms with van der Waals surface area (Å²) in [6, 6.07) is 0. The second-order valence-corrected chi connectivity index (χ2v) is 14.2. The number of hydrogen-bond donors (Lipinski definition) is 4. The number of ether oxygens (including phenoxy) is 7. The summed E-state index contributed by atoms with van der Waals surface area (Å²) >= 11 is 0. The molecule has 2 saturated heterocycles. The van der Waals surface area contributed by atoms with Crippen LogP contribution in [0.4, 0.5) is 0 Å². The molecule has 0 aromatic rings. The summed E-state index contributed by atoms with van der Waals surface area (Å²) in [6.45, 7) is 10.0. The minimum absolute atomic E-state index is 0.0110. The lowest BCUT2D eigenvalue weighted by atomic mass is 9.79. The Morgan fingerprint density at radius 1 is 0.885 bits per heavy atom. The molecule has 0 unspecified atom stereocenters. The highest BCUT2D eigenvalue weighted by Gasteiger charge is 2.47. The van der Waals surface area contributed by atoms with Crippen molar-refractivity contribution in [2.75, 3.05) is 20.8 Å². The van der Waals surface area contributed by atoms with Crippen molar-refractivity contribution in [1.82, 2.24) is 0 Å². The number of Topliss-reactive ketones (excluding diaryl/α,β-unsaturated/α-hetero) is 1. The topological polar surface area (TPSA) is 214 Å². The average Bonchev–Trinajstić information content (AvgIpc) is 3.11. The van der Waals surface area contributed by atoms with Crippen LogP contribution in [0, 0.1) is 23.7 Å². The number of hydrogen-bond acceptors (Lipinski definition) is 15. The Balaban J connectivity index is 1.95. The Hall–Kier alpha value is -2.44. The maximum atomic E-state index is 13.4. The Labute approximate surface area is 305 Å². The molecule has 0 aromatic carbocycles.